The van der Waals surface area contributed by atoms with Gasteiger partial charge in [0, 0.05) is 38.3 Å². The van der Waals surface area contributed by atoms with E-state index >= 15 is 0 Å². The Kier molecular flexibility index (Phi) is 5.78. The van der Waals surface area contributed by atoms with Gasteiger partial charge >= 0.3 is 0 Å². The molecule has 26 heavy (non-hydrogen) atoms. The fourth-order valence-electron chi connectivity index (χ4n) is 3.30. The van der Waals surface area contributed by atoms with Gasteiger partial charge in [0.2, 0.25) is 5.91 Å². The van der Waals surface area contributed by atoms with Crippen molar-refractivity contribution in [3.63, 3.8) is 0 Å². The Balaban J connectivity index is 1.61. The van der Waals surface area contributed by atoms with Crippen LogP contribution in [0, 0.1) is 0 Å². The molecule has 1 fully saturated rings. The summed E-state index contributed by atoms with van der Waals surface area (Å²) in [6, 6.07) is 15.8. The van der Waals surface area contributed by atoms with Crippen LogP contribution in [0.2, 0.25) is 0 Å². The number of carbonyl (C=O) groups is 1. The van der Waals surface area contributed by atoms with Gasteiger partial charge in [0.1, 0.15) is 5.75 Å². The van der Waals surface area contributed by atoms with E-state index < -0.39 is 0 Å². The highest BCUT2D eigenvalue weighted by Crippen LogP contribution is 2.29. The van der Waals surface area contributed by atoms with Gasteiger partial charge in [-0.3, -0.25) is 9.69 Å². The molecule has 0 atom stereocenters. The van der Waals surface area contributed by atoms with Crippen LogP contribution >= 0.6 is 0 Å². The first-order valence-corrected chi connectivity index (χ1v) is 9.14. The third-order valence-corrected chi connectivity index (χ3v) is 4.56. The Hall–Kier alpha value is -2.53. The summed E-state index contributed by atoms with van der Waals surface area (Å²) in [7, 11) is 0. The van der Waals surface area contributed by atoms with Gasteiger partial charge in [0.25, 0.3) is 0 Å². The number of amides is 1. The van der Waals surface area contributed by atoms with Gasteiger partial charge in [-0.15, -0.1) is 0 Å². The van der Waals surface area contributed by atoms with E-state index in [1.54, 1.807) is 6.07 Å². The summed E-state index contributed by atoms with van der Waals surface area (Å²) >= 11 is 0. The highest BCUT2D eigenvalue weighted by molar-refractivity contribution is 5.92. The molecule has 1 saturated heterocycles. The van der Waals surface area contributed by atoms with Crippen LogP contribution in [0.25, 0.3) is 0 Å². The smallest absolute Gasteiger partial charge is 0.248 e. The number of hydrogen-bond donors (Lipinski definition) is 1. The van der Waals surface area contributed by atoms with Gasteiger partial charge in [-0.2, -0.15) is 0 Å². The van der Waals surface area contributed by atoms with Crippen LogP contribution in [0.3, 0.4) is 0 Å². The first-order chi connectivity index (χ1) is 12.5. The molecule has 0 radical (unpaired) electrons. The summed E-state index contributed by atoms with van der Waals surface area (Å²) in [5.41, 5.74) is 8.23. The van der Waals surface area contributed by atoms with Crippen LogP contribution in [0.15, 0.2) is 48.5 Å². The quantitative estimate of drug-likeness (QED) is 0.867. The number of nitrogens with zero attached hydrogens (tertiary/aromatic N) is 2. The van der Waals surface area contributed by atoms with Crippen LogP contribution in [-0.4, -0.2) is 43.1 Å². The number of anilines is 1. The molecule has 138 valence electrons. The van der Waals surface area contributed by atoms with Crippen molar-refractivity contribution in [3.8, 4) is 5.75 Å². The maximum Gasteiger partial charge on any atom is 0.248 e. The number of primary amides is 1. The summed E-state index contributed by atoms with van der Waals surface area (Å²) < 4.78 is 5.96. The lowest BCUT2D eigenvalue weighted by atomic mass is 10.1. The molecule has 0 aromatic heterocycles. The zero-order valence-corrected chi connectivity index (χ0v) is 15.5. The van der Waals surface area contributed by atoms with Gasteiger partial charge in [-0.1, -0.05) is 24.3 Å². The Labute approximate surface area is 155 Å². The first kappa shape index (κ1) is 18.3. The average molecular weight is 353 g/mol. The molecule has 1 amide bonds. The minimum absolute atomic E-state index is 0.162. The topological polar surface area (TPSA) is 58.8 Å². The molecule has 3 rings (SSSR count). The number of carbonyl (C=O) groups excluding carboxylic acids is 1. The van der Waals surface area contributed by atoms with Crippen molar-refractivity contribution in [2.24, 2.45) is 5.73 Å². The van der Waals surface area contributed by atoms with Crippen molar-refractivity contribution in [2.45, 2.75) is 26.5 Å². The molecule has 2 aromatic rings. The summed E-state index contributed by atoms with van der Waals surface area (Å²) in [6.07, 6.45) is 0.162. The molecule has 0 unspecified atom stereocenters. The predicted molar refractivity (Wildman–Crippen MR) is 105 cm³/mol. The number of ether oxygens (including phenoxy) is 1. The highest BCUT2D eigenvalue weighted by atomic mass is 16.5. The predicted octanol–water partition coefficient (Wildman–Crippen LogP) is 2.89. The maximum absolute atomic E-state index is 11.3. The molecular weight excluding hydrogens is 326 g/mol. The number of nitrogens with two attached hydrogens (primary N) is 1. The van der Waals surface area contributed by atoms with Gasteiger partial charge in [-0.25, -0.2) is 0 Å². The third kappa shape index (κ3) is 4.55. The molecule has 0 aliphatic carbocycles. The number of hydrogen-bond acceptors (Lipinski definition) is 4. The minimum atomic E-state index is -0.376. The van der Waals surface area contributed by atoms with Crippen molar-refractivity contribution in [3.05, 3.63) is 59.7 Å². The van der Waals surface area contributed by atoms with E-state index in [1.165, 1.54) is 0 Å². The Bertz CT molecular complexity index is 752. The van der Waals surface area contributed by atoms with Gasteiger partial charge < -0.3 is 15.4 Å². The third-order valence-electron chi connectivity index (χ3n) is 4.56. The molecule has 1 aliphatic rings. The van der Waals surface area contributed by atoms with Gasteiger partial charge in [0.05, 0.1) is 11.8 Å². The van der Waals surface area contributed by atoms with E-state index in [2.05, 4.69) is 35.8 Å². The molecular formula is C21H27N3O2. The Morgan fingerprint density at radius 2 is 1.81 bits per heavy atom. The summed E-state index contributed by atoms with van der Waals surface area (Å²) in [4.78, 5) is 16.1. The number of benzene rings is 2. The Morgan fingerprint density at radius 3 is 2.50 bits per heavy atom. The largest absolute Gasteiger partial charge is 0.489 e. The zero-order chi connectivity index (χ0) is 18.5. The molecule has 0 bridgehead atoms. The number of piperazine rings is 1. The van der Waals surface area contributed by atoms with Gasteiger partial charge in [0.15, 0.2) is 0 Å². The van der Waals surface area contributed by atoms with E-state index in [-0.39, 0.29) is 12.0 Å². The highest BCUT2D eigenvalue weighted by Gasteiger charge is 2.20. The maximum atomic E-state index is 11.3. The summed E-state index contributed by atoms with van der Waals surface area (Å²) in [5, 5.41) is 0. The molecule has 1 heterocycles. The van der Waals surface area contributed by atoms with Crippen molar-refractivity contribution in [1.29, 1.82) is 0 Å². The molecule has 2 N–H and O–H groups in total. The molecule has 5 heteroatoms. The molecule has 2 aromatic carbocycles. The van der Waals surface area contributed by atoms with Crippen LogP contribution in [0.1, 0.15) is 29.8 Å². The van der Waals surface area contributed by atoms with E-state index in [1.807, 2.05) is 30.3 Å². The van der Waals surface area contributed by atoms with E-state index in [0.717, 1.165) is 49.7 Å². The standard InChI is InChI=1S/C21H27N3O2/c1-16(2)26-20-9-4-3-8-19(20)24-12-10-23(11-13-24)15-17-6-5-7-18(14-17)21(22)25/h3-9,14,16H,10-13,15H2,1-2H3,(H2,22,25). The lowest BCUT2D eigenvalue weighted by Gasteiger charge is -2.37. The van der Waals surface area contributed by atoms with Crippen molar-refractivity contribution < 1.29 is 9.53 Å². The normalized spacial score (nSPS) is 15.3. The molecule has 0 spiro atoms. The van der Waals surface area contributed by atoms with Crippen molar-refractivity contribution in [2.75, 3.05) is 31.1 Å². The second kappa shape index (κ2) is 8.23. The summed E-state index contributed by atoms with van der Waals surface area (Å²) in [5.74, 6) is 0.573. The minimum Gasteiger partial charge on any atom is -0.489 e. The van der Waals surface area contributed by atoms with Gasteiger partial charge in [-0.05, 0) is 43.7 Å². The number of para-hydroxylation sites is 2. The van der Waals surface area contributed by atoms with E-state index in [4.69, 9.17) is 10.5 Å². The average Bonchev–Trinajstić information content (AvgIpc) is 2.63. The first-order valence-electron chi connectivity index (χ1n) is 9.14. The fraction of sp³-hybridized carbons (Fsp3) is 0.381. The van der Waals surface area contributed by atoms with Crippen LogP contribution in [0.4, 0.5) is 5.69 Å². The Morgan fingerprint density at radius 1 is 1.08 bits per heavy atom. The van der Waals surface area contributed by atoms with Crippen LogP contribution in [0.5, 0.6) is 5.75 Å². The van der Waals surface area contributed by atoms with Crippen molar-refractivity contribution >= 4 is 11.6 Å². The molecule has 0 saturated carbocycles. The molecule has 1 aliphatic heterocycles. The van der Waals surface area contributed by atoms with Crippen molar-refractivity contribution in [1.82, 2.24) is 4.90 Å². The zero-order valence-electron chi connectivity index (χ0n) is 15.5. The summed E-state index contributed by atoms with van der Waals surface area (Å²) in [6.45, 7) is 8.78. The fourth-order valence-corrected chi connectivity index (χ4v) is 3.30. The molecule has 5 nitrogen and oxygen atoms in total. The van der Waals surface area contributed by atoms with Crippen LogP contribution in [-0.2, 0) is 6.54 Å². The van der Waals surface area contributed by atoms with Crippen LogP contribution < -0.4 is 15.4 Å². The second-order valence-electron chi connectivity index (χ2n) is 6.96. The second-order valence-corrected chi connectivity index (χ2v) is 6.96. The monoisotopic (exact) mass is 353 g/mol. The number of rotatable bonds is 6. The van der Waals surface area contributed by atoms with E-state index in [0.29, 0.717) is 5.56 Å². The van der Waals surface area contributed by atoms with E-state index in [9.17, 15) is 4.79 Å². The SMILES string of the molecule is CC(C)Oc1ccccc1N1CCN(Cc2cccc(C(N)=O)c2)CC1. The lowest BCUT2D eigenvalue weighted by molar-refractivity contribution is 0.1000. The lowest BCUT2D eigenvalue weighted by Crippen LogP contribution is -2.46.